The number of sulfonamides is 1. The molecule has 0 aliphatic carbocycles. The van der Waals surface area contributed by atoms with E-state index in [1.165, 1.54) is 34.6 Å². The summed E-state index contributed by atoms with van der Waals surface area (Å²) in [6.07, 6.45) is 4.80. The average molecular weight is 458 g/mol. The molecule has 1 N–H and O–H groups in total. The zero-order valence-electron chi connectivity index (χ0n) is 16.6. The lowest BCUT2D eigenvalue weighted by Gasteiger charge is -2.34. The summed E-state index contributed by atoms with van der Waals surface area (Å²) in [4.78, 5) is 32.4. The Morgan fingerprint density at radius 3 is 2.38 bits per heavy atom. The molecule has 0 radical (unpaired) electrons. The topological polar surface area (TPSA) is 152 Å². The number of rotatable bonds is 6. The molecule has 3 aromatic rings. The Morgan fingerprint density at radius 1 is 1.06 bits per heavy atom. The van der Waals surface area contributed by atoms with E-state index in [1.54, 1.807) is 18.6 Å². The van der Waals surface area contributed by atoms with E-state index in [4.69, 9.17) is 4.42 Å². The van der Waals surface area contributed by atoms with Crippen LogP contribution < -0.4 is 10.2 Å². The molecule has 0 unspecified atom stereocenters. The predicted molar refractivity (Wildman–Crippen MR) is 113 cm³/mol. The number of nitro groups is 1. The molecule has 0 bridgehead atoms. The lowest BCUT2D eigenvalue weighted by Crippen LogP contribution is -2.48. The van der Waals surface area contributed by atoms with Crippen LogP contribution in [0.25, 0.3) is 0 Å². The Bertz CT molecular complexity index is 1220. The summed E-state index contributed by atoms with van der Waals surface area (Å²) in [5.74, 6) is -0.759. The van der Waals surface area contributed by atoms with Crippen LogP contribution >= 0.6 is 0 Å². The summed E-state index contributed by atoms with van der Waals surface area (Å²) >= 11 is 0. The monoisotopic (exact) mass is 458 g/mol. The predicted octanol–water partition coefficient (Wildman–Crippen LogP) is 1.74. The van der Waals surface area contributed by atoms with Crippen molar-refractivity contribution < 1.29 is 22.6 Å². The number of benzene rings is 1. The van der Waals surface area contributed by atoms with E-state index < -0.39 is 26.7 Å². The van der Waals surface area contributed by atoms with E-state index in [0.29, 0.717) is 37.7 Å². The molecule has 166 valence electrons. The first-order valence-corrected chi connectivity index (χ1v) is 11.0. The van der Waals surface area contributed by atoms with Gasteiger partial charge in [0.1, 0.15) is 10.7 Å². The highest BCUT2D eigenvalue weighted by Gasteiger charge is 2.29. The number of carbonyl (C=O) groups excluding carboxylic acids is 1. The van der Waals surface area contributed by atoms with Crippen LogP contribution in [0.1, 0.15) is 10.6 Å². The first-order chi connectivity index (χ1) is 15.3. The molecule has 1 aliphatic rings. The van der Waals surface area contributed by atoms with Crippen molar-refractivity contribution in [3.05, 3.63) is 70.9 Å². The van der Waals surface area contributed by atoms with Crippen LogP contribution in [0.5, 0.6) is 0 Å². The van der Waals surface area contributed by atoms with Gasteiger partial charge in [-0.1, -0.05) is 0 Å². The fourth-order valence-electron chi connectivity index (χ4n) is 3.21. The molecule has 12 nitrogen and oxygen atoms in total. The lowest BCUT2D eigenvalue weighted by atomic mass is 10.3. The van der Waals surface area contributed by atoms with Crippen molar-refractivity contribution in [2.24, 2.45) is 0 Å². The van der Waals surface area contributed by atoms with Crippen LogP contribution in [-0.2, 0) is 10.0 Å². The molecule has 0 atom stereocenters. The normalized spacial score (nSPS) is 14.8. The van der Waals surface area contributed by atoms with Crippen molar-refractivity contribution in [1.29, 1.82) is 0 Å². The van der Waals surface area contributed by atoms with E-state index >= 15 is 0 Å². The Hall–Kier alpha value is -3.84. The van der Waals surface area contributed by atoms with E-state index in [0.717, 1.165) is 6.07 Å². The minimum atomic E-state index is -3.71. The fourth-order valence-corrected chi connectivity index (χ4v) is 4.63. The highest BCUT2D eigenvalue weighted by molar-refractivity contribution is 7.89. The zero-order chi connectivity index (χ0) is 22.7. The number of amides is 1. The van der Waals surface area contributed by atoms with Gasteiger partial charge in [-0.2, -0.15) is 4.31 Å². The maximum atomic E-state index is 13.0. The van der Waals surface area contributed by atoms with Gasteiger partial charge in [0, 0.05) is 44.3 Å². The summed E-state index contributed by atoms with van der Waals surface area (Å²) in [6, 6.07) is 7.94. The lowest BCUT2D eigenvalue weighted by molar-refractivity contribution is -0.402. The maximum absolute atomic E-state index is 13.0. The van der Waals surface area contributed by atoms with Gasteiger partial charge in [-0.05, 0) is 30.3 Å². The van der Waals surface area contributed by atoms with E-state index in [2.05, 4.69) is 15.3 Å². The first kappa shape index (κ1) is 21.4. The third kappa shape index (κ3) is 4.43. The van der Waals surface area contributed by atoms with Crippen LogP contribution in [0.2, 0.25) is 0 Å². The van der Waals surface area contributed by atoms with Gasteiger partial charge in [-0.15, -0.1) is 0 Å². The number of aromatic nitrogens is 2. The van der Waals surface area contributed by atoms with Crippen LogP contribution in [-0.4, -0.2) is 59.7 Å². The zero-order valence-corrected chi connectivity index (χ0v) is 17.4. The van der Waals surface area contributed by atoms with Gasteiger partial charge in [0.25, 0.3) is 5.91 Å². The van der Waals surface area contributed by atoms with Gasteiger partial charge >= 0.3 is 5.88 Å². The number of furan rings is 1. The Morgan fingerprint density at radius 2 is 1.78 bits per heavy atom. The molecule has 32 heavy (non-hydrogen) atoms. The van der Waals surface area contributed by atoms with Crippen molar-refractivity contribution >= 4 is 33.3 Å². The maximum Gasteiger partial charge on any atom is 0.433 e. The van der Waals surface area contributed by atoms with Gasteiger partial charge in [0.2, 0.25) is 10.0 Å². The minimum absolute atomic E-state index is 0.0945. The number of hydrogen-bond acceptors (Lipinski definition) is 9. The molecule has 4 rings (SSSR count). The van der Waals surface area contributed by atoms with Crippen LogP contribution in [0.15, 0.2) is 64.3 Å². The molecule has 1 amide bonds. The standard InChI is InChI=1S/C19H18N6O6S/c26-19(16-5-6-18(31-16)25(27)28)22-14-1-3-15(4-2-14)32(29,30)24-11-9-23(10-12-24)17-13-20-7-8-21-17/h1-8,13H,9-12H2,(H,22,26). The third-order valence-electron chi connectivity index (χ3n) is 4.86. The summed E-state index contributed by atoms with van der Waals surface area (Å²) in [5.41, 5.74) is 0.320. The molecule has 2 aromatic heterocycles. The van der Waals surface area contributed by atoms with E-state index in [-0.39, 0.29) is 10.7 Å². The molecular weight excluding hydrogens is 440 g/mol. The number of carbonyl (C=O) groups is 1. The molecule has 0 saturated carbocycles. The van der Waals surface area contributed by atoms with Crippen molar-refractivity contribution in [2.75, 3.05) is 36.4 Å². The number of anilines is 2. The molecule has 13 heteroatoms. The average Bonchev–Trinajstić information content (AvgIpc) is 3.31. The smallest absolute Gasteiger partial charge is 0.395 e. The van der Waals surface area contributed by atoms with Crippen LogP contribution in [0.4, 0.5) is 17.4 Å². The second-order valence-electron chi connectivity index (χ2n) is 6.83. The molecule has 1 saturated heterocycles. The van der Waals surface area contributed by atoms with Gasteiger partial charge in [0.15, 0.2) is 5.76 Å². The summed E-state index contributed by atoms with van der Waals surface area (Å²) in [7, 11) is -3.71. The van der Waals surface area contributed by atoms with E-state index in [1.807, 2.05) is 4.90 Å². The highest BCUT2D eigenvalue weighted by Crippen LogP contribution is 2.22. The van der Waals surface area contributed by atoms with Crippen molar-refractivity contribution in [3.63, 3.8) is 0 Å². The van der Waals surface area contributed by atoms with Gasteiger partial charge in [-0.25, -0.2) is 13.4 Å². The van der Waals surface area contributed by atoms with Gasteiger partial charge in [0.05, 0.1) is 17.2 Å². The molecule has 0 spiro atoms. The number of hydrogen-bond donors (Lipinski definition) is 1. The molecule has 1 aliphatic heterocycles. The molecule has 1 aromatic carbocycles. The number of nitrogens with zero attached hydrogens (tertiary/aromatic N) is 5. The Labute approximate surface area is 182 Å². The Balaban J connectivity index is 1.39. The van der Waals surface area contributed by atoms with Crippen LogP contribution in [0.3, 0.4) is 0 Å². The molecule has 3 heterocycles. The fraction of sp³-hybridized carbons (Fsp3) is 0.211. The van der Waals surface area contributed by atoms with Crippen molar-refractivity contribution in [1.82, 2.24) is 14.3 Å². The Kier molecular flexibility index (Phi) is 5.83. The summed E-state index contributed by atoms with van der Waals surface area (Å²) in [6.45, 7) is 1.58. The second-order valence-corrected chi connectivity index (χ2v) is 8.77. The number of piperazine rings is 1. The van der Waals surface area contributed by atoms with Crippen LogP contribution in [0, 0.1) is 10.1 Å². The quantitative estimate of drug-likeness (QED) is 0.430. The summed E-state index contributed by atoms with van der Waals surface area (Å²) < 4.78 is 32.2. The first-order valence-electron chi connectivity index (χ1n) is 9.51. The van der Waals surface area contributed by atoms with Crippen molar-refractivity contribution in [2.45, 2.75) is 4.90 Å². The third-order valence-corrected chi connectivity index (χ3v) is 6.77. The largest absolute Gasteiger partial charge is 0.433 e. The van der Waals surface area contributed by atoms with Gasteiger partial charge < -0.3 is 14.6 Å². The number of nitrogens with one attached hydrogen (secondary N) is 1. The second kappa shape index (κ2) is 8.72. The molecule has 1 fully saturated rings. The summed E-state index contributed by atoms with van der Waals surface area (Å²) in [5, 5.41) is 13.2. The highest BCUT2D eigenvalue weighted by atomic mass is 32.2. The molecular formula is C19H18N6O6S. The van der Waals surface area contributed by atoms with Gasteiger partial charge in [-0.3, -0.25) is 19.9 Å². The van der Waals surface area contributed by atoms with E-state index in [9.17, 15) is 23.3 Å². The SMILES string of the molecule is O=C(Nc1ccc(S(=O)(=O)N2CCN(c3cnccn3)CC2)cc1)c1ccc([N+](=O)[O-])o1. The minimum Gasteiger partial charge on any atom is -0.395 e. The van der Waals surface area contributed by atoms with Crippen molar-refractivity contribution in [3.8, 4) is 0 Å².